The molecule has 1 aliphatic rings. The van der Waals surface area contributed by atoms with Gasteiger partial charge >= 0.3 is 0 Å². The van der Waals surface area contributed by atoms with E-state index in [1.54, 1.807) is 48.5 Å². The first-order valence-electron chi connectivity index (χ1n) is 12.7. The minimum absolute atomic E-state index is 0.0372. The average Bonchev–Trinajstić information content (AvgIpc) is 3.33. The molecule has 3 aromatic rings. The van der Waals surface area contributed by atoms with E-state index in [1.165, 1.54) is 0 Å². The molecular formula is C29H35N3O4S. The summed E-state index contributed by atoms with van der Waals surface area (Å²) >= 11 is 0. The molecule has 0 saturated heterocycles. The van der Waals surface area contributed by atoms with Gasteiger partial charge in [0.25, 0.3) is 5.91 Å². The number of imidazole rings is 1. The Morgan fingerprint density at radius 3 is 2.54 bits per heavy atom. The van der Waals surface area contributed by atoms with Crippen LogP contribution in [-0.4, -0.2) is 42.4 Å². The number of aryl methyl sites for hydroxylation is 1. The van der Waals surface area contributed by atoms with Gasteiger partial charge in [-0.15, -0.1) is 6.58 Å². The number of rotatable bonds is 10. The SMILES string of the molecule is C=CCN(Cc1cnc(S(=O)(=O)Cc2cccc(C)c2)n1C1CCCCC1)C(=O)c1ccc(OC)cc1. The minimum atomic E-state index is -3.70. The van der Waals surface area contributed by atoms with E-state index in [0.29, 0.717) is 17.9 Å². The van der Waals surface area contributed by atoms with Crippen molar-refractivity contribution in [3.63, 3.8) is 0 Å². The molecule has 4 rings (SSSR count). The number of carbonyl (C=O) groups excluding carboxylic acids is 1. The Labute approximate surface area is 219 Å². The normalized spacial score (nSPS) is 14.3. The van der Waals surface area contributed by atoms with Gasteiger partial charge in [-0.3, -0.25) is 4.79 Å². The molecule has 0 atom stereocenters. The van der Waals surface area contributed by atoms with Gasteiger partial charge in [0.15, 0.2) is 0 Å². The number of sulfone groups is 1. The molecule has 1 amide bonds. The maximum absolute atomic E-state index is 13.6. The highest BCUT2D eigenvalue weighted by molar-refractivity contribution is 7.90. The van der Waals surface area contributed by atoms with E-state index < -0.39 is 9.84 Å². The summed E-state index contributed by atoms with van der Waals surface area (Å²) in [4.78, 5) is 19.5. The Morgan fingerprint density at radius 2 is 1.89 bits per heavy atom. The topological polar surface area (TPSA) is 81.5 Å². The Morgan fingerprint density at radius 1 is 1.16 bits per heavy atom. The second-order valence-corrected chi connectivity index (χ2v) is 11.5. The van der Waals surface area contributed by atoms with E-state index in [0.717, 1.165) is 48.9 Å². The summed E-state index contributed by atoms with van der Waals surface area (Å²) in [6, 6.07) is 14.5. The minimum Gasteiger partial charge on any atom is -0.497 e. The molecule has 1 heterocycles. The van der Waals surface area contributed by atoms with Crippen LogP contribution < -0.4 is 4.74 Å². The van der Waals surface area contributed by atoms with E-state index in [9.17, 15) is 13.2 Å². The van der Waals surface area contributed by atoms with E-state index >= 15 is 0 Å². The molecule has 0 N–H and O–H groups in total. The molecule has 0 spiro atoms. The van der Waals surface area contributed by atoms with E-state index in [4.69, 9.17) is 4.74 Å². The molecule has 1 aliphatic carbocycles. The Hall–Kier alpha value is -3.39. The Balaban J connectivity index is 1.68. The first-order chi connectivity index (χ1) is 17.8. The highest BCUT2D eigenvalue weighted by Gasteiger charge is 2.30. The third-order valence-corrected chi connectivity index (χ3v) is 8.40. The van der Waals surface area contributed by atoms with Gasteiger partial charge < -0.3 is 14.2 Å². The van der Waals surface area contributed by atoms with Crippen molar-refractivity contribution in [2.45, 2.75) is 62.5 Å². The molecule has 196 valence electrons. The molecule has 7 nitrogen and oxygen atoms in total. The fraction of sp³-hybridized carbons (Fsp3) is 0.379. The van der Waals surface area contributed by atoms with Crippen LogP contribution in [-0.2, 0) is 22.1 Å². The predicted octanol–water partition coefficient (Wildman–Crippen LogP) is 5.51. The third kappa shape index (κ3) is 6.31. The highest BCUT2D eigenvalue weighted by atomic mass is 32.2. The third-order valence-electron chi connectivity index (χ3n) is 6.82. The summed E-state index contributed by atoms with van der Waals surface area (Å²) in [5.41, 5.74) is 3.00. The second-order valence-electron chi connectivity index (χ2n) is 9.64. The van der Waals surface area contributed by atoms with E-state index in [2.05, 4.69) is 11.6 Å². The number of methoxy groups -OCH3 is 1. The molecule has 0 unspecified atom stereocenters. The Bertz CT molecular complexity index is 1340. The number of nitrogens with zero attached hydrogens (tertiary/aromatic N) is 3. The summed E-state index contributed by atoms with van der Waals surface area (Å²) < 4.78 is 34.4. The Kier molecular flexibility index (Phi) is 8.48. The molecule has 37 heavy (non-hydrogen) atoms. The van der Waals surface area contributed by atoms with Gasteiger partial charge in [0, 0.05) is 18.2 Å². The molecular weight excluding hydrogens is 486 g/mol. The number of benzene rings is 2. The molecule has 0 radical (unpaired) electrons. The molecule has 0 bridgehead atoms. The van der Waals surface area contributed by atoms with Gasteiger partial charge in [0.05, 0.1) is 31.3 Å². The predicted molar refractivity (Wildman–Crippen MR) is 144 cm³/mol. The van der Waals surface area contributed by atoms with Crippen LogP contribution in [0.2, 0.25) is 0 Å². The largest absolute Gasteiger partial charge is 0.497 e. The fourth-order valence-electron chi connectivity index (χ4n) is 5.03. The molecule has 8 heteroatoms. The summed E-state index contributed by atoms with van der Waals surface area (Å²) in [5.74, 6) is 0.396. The van der Waals surface area contributed by atoms with Crippen LogP contribution in [0.1, 0.15) is 65.3 Å². The van der Waals surface area contributed by atoms with Crippen molar-refractivity contribution in [1.82, 2.24) is 14.5 Å². The van der Waals surface area contributed by atoms with Crippen LogP contribution in [0.5, 0.6) is 5.75 Å². The number of hydrogen-bond donors (Lipinski definition) is 0. The zero-order valence-electron chi connectivity index (χ0n) is 21.6. The number of ether oxygens (including phenoxy) is 1. The number of carbonyl (C=O) groups is 1. The summed E-state index contributed by atoms with van der Waals surface area (Å²) in [5, 5.41) is 0.0892. The molecule has 1 aromatic heterocycles. The van der Waals surface area contributed by atoms with Crippen molar-refractivity contribution in [2.24, 2.45) is 0 Å². The average molecular weight is 522 g/mol. The zero-order valence-corrected chi connectivity index (χ0v) is 22.4. The lowest BCUT2D eigenvalue weighted by Crippen LogP contribution is -2.32. The monoisotopic (exact) mass is 521 g/mol. The van der Waals surface area contributed by atoms with Gasteiger partial charge in [-0.05, 0) is 49.6 Å². The van der Waals surface area contributed by atoms with Crippen molar-refractivity contribution in [2.75, 3.05) is 13.7 Å². The van der Waals surface area contributed by atoms with Gasteiger partial charge in [-0.25, -0.2) is 13.4 Å². The summed E-state index contributed by atoms with van der Waals surface area (Å²) in [6.45, 7) is 6.34. The first-order valence-corrected chi connectivity index (χ1v) is 14.4. The molecule has 0 aliphatic heterocycles. The van der Waals surface area contributed by atoms with E-state index in [1.807, 2.05) is 35.8 Å². The van der Waals surface area contributed by atoms with Crippen LogP contribution in [0, 0.1) is 6.92 Å². The first kappa shape index (κ1) is 26.7. The smallest absolute Gasteiger partial charge is 0.254 e. The number of aromatic nitrogens is 2. The van der Waals surface area contributed by atoms with Crippen molar-refractivity contribution in [3.8, 4) is 5.75 Å². The van der Waals surface area contributed by atoms with E-state index in [-0.39, 0.29) is 29.4 Å². The summed E-state index contributed by atoms with van der Waals surface area (Å²) in [6.07, 6.45) is 8.31. The van der Waals surface area contributed by atoms with Gasteiger partial charge in [0.2, 0.25) is 15.0 Å². The van der Waals surface area contributed by atoms with Gasteiger partial charge in [-0.1, -0.05) is 55.2 Å². The molecule has 2 aromatic carbocycles. The fourth-order valence-corrected chi connectivity index (χ4v) is 6.55. The maximum atomic E-state index is 13.6. The number of hydrogen-bond acceptors (Lipinski definition) is 5. The quantitative estimate of drug-likeness (QED) is 0.329. The number of amides is 1. The second kappa shape index (κ2) is 11.8. The van der Waals surface area contributed by atoms with Crippen LogP contribution in [0.25, 0.3) is 0 Å². The summed E-state index contributed by atoms with van der Waals surface area (Å²) in [7, 11) is -2.12. The van der Waals surface area contributed by atoms with Crippen LogP contribution >= 0.6 is 0 Å². The van der Waals surface area contributed by atoms with Crippen molar-refractivity contribution >= 4 is 15.7 Å². The molecule has 1 saturated carbocycles. The van der Waals surface area contributed by atoms with Gasteiger partial charge in [-0.2, -0.15) is 0 Å². The van der Waals surface area contributed by atoms with Crippen LogP contribution in [0.3, 0.4) is 0 Å². The standard InChI is InChI=1S/C29H35N3O4S/c1-4-17-31(28(33)24-13-15-27(36-3)16-14-24)20-26-19-30-29(32(26)25-11-6-5-7-12-25)37(34,35)21-23-10-8-9-22(2)18-23/h4,8-10,13-16,18-19,25H,1,5-7,11-12,17,20-21H2,2-3H3. The maximum Gasteiger partial charge on any atom is 0.254 e. The van der Waals surface area contributed by atoms with Crippen molar-refractivity contribution in [3.05, 3.63) is 89.8 Å². The zero-order chi connectivity index (χ0) is 26.4. The molecule has 1 fully saturated rings. The van der Waals surface area contributed by atoms with Crippen molar-refractivity contribution < 1.29 is 17.9 Å². The lowest BCUT2D eigenvalue weighted by molar-refractivity contribution is 0.0757. The highest BCUT2D eigenvalue weighted by Crippen LogP contribution is 2.33. The lowest BCUT2D eigenvalue weighted by Gasteiger charge is -2.28. The van der Waals surface area contributed by atoms with Crippen molar-refractivity contribution in [1.29, 1.82) is 0 Å². The van der Waals surface area contributed by atoms with Crippen LogP contribution in [0.4, 0.5) is 0 Å². The van der Waals surface area contributed by atoms with Gasteiger partial charge in [0.1, 0.15) is 5.75 Å². The van der Waals surface area contributed by atoms with Crippen LogP contribution in [0.15, 0.2) is 72.5 Å². The lowest BCUT2D eigenvalue weighted by atomic mass is 9.95.